The summed E-state index contributed by atoms with van der Waals surface area (Å²) in [6, 6.07) is 8.03. The van der Waals surface area contributed by atoms with Crippen molar-refractivity contribution in [1.82, 2.24) is 25.5 Å². The van der Waals surface area contributed by atoms with Gasteiger partial charge in [-0.3, -0.25) is 4.98 Å². The van der Waals surface area contributed by atoms with Gasteiger partial charge < -0.3 is 15.4 Å². The number of ether oxygens (including phenoxy) is 1. The van der Waals surface area contributed by atoms with Gasteiger partial charge in [0, 0.05) is 12.6 Å². The molecule has 0 bridgehead atoms. The zero-order valence-electron chi connectivity index (χ0n) is 13.6. The number of aromatic amines is 2. The molecule has 9 heteroatoms. The van der Waals surface area contributed by atoms with Gasteiger partial charge in [-0.15, -0.1) is 12.4 Å². The SMILES string of the molecule is COc1cccc2cc(-c3n[nH]c(=O)[nH]3)nc(N[C@H]3CCNC3)c12.Cl. The van der Waals surface area contributed by atoms with Crippen LogP contribution in [0, 0.1) is 0 Å². The lowest BCUT2D eigenvalue weighted by Crippen LogP contribution is -2.23. The number of nitrogens with one attached hydrogen (secondary N) is 4. The number of nitrogens with zero attached hydrogens (tertiary/aromatic N) is 2. The van der Waals surface area contributed by atoms with Crippen molar-refractivity contribution in [3.8, 4) is 17.3 Å². The van der Waals surface area contributed by atoms with Gasteiger partial charge in [-0.25, -0.2) is 14.9 Å². The van der Waals surface area contributed by atoms with Crippen LogP contribution in [0.5, 0.6) is 5.75 Å². The molecule has 1 atom stereocenters. The van der Waals surface area contributed by atoms with Crippen LogP contribution >= 0.6 is 12.4 Å². The molecule has 25 heavy (non-hydrogen) atoms. The Labute approximate surface area is 149 Å². The van der Waals surface area contributed by atoms with Crippen LogP contribution in [0.1, 0.15) is 6.42 Å². The van der Waals surface area contributed by atoms with Gasteiger partial charge in [0.2, 0.25) is 0 Å². The molecule has 0 aliphatic carbocycles. The van der Waals surface area contributed by atoms with Crippen LogP contribution in [0.15, 0.2) is 29.1 Å². The summed E-state index contributed by atoms with van der Waals surface area (Å²) in [5.74, 6) is 1.91. The first-order chi connectivity index (χ1) is 11.7. The molecule has 0 radical (unpaired) electrons. The number of anilines is 1. The van der Waals surface area contributed by atoms with E-state index in [1.165, 1.54) is 0 Å². The van der Waals surface area contributed by atoms with Gasteiger partial charge in [0.15, 0.2) is 5.82 Å². The first-order valence-electron chi connectivity index (χ1n) is 7.84. The van der Waals surface area contributed by atoms with Crippen LogP contribution in [0.4, 0.5) is 5.82 Å². The third-order valence-corrected chi connectivity index (χ3v) is 4.18. The van der Waals surface area contributed by atoms with Crippen molar-refractivity contribution in [3.63, 3.8) is 0 Å². The lowest BCUT2D eigenvalue weighted by atomic mass is 10.1. The Morgan fingerprint density at radius 2 is 2.24 bits per heavy atom. The molecule has 0 unspecified atom stereocenters. The van der Waals surface area contributed by atoms with Crippen LogP contribution < -0.4 is 21.1 Å². The van der Waals surface area contributed by atoms with Crippen LogP contribution in [0.3, 0.4) is 0 Å². The second-order valence-electron chi connectivity index (χ2n) is 5.77. The molecule has 1 aliphatic rings. The maximum atomic E-state index is 11.3. The Kier molecular flexibility index (Phi) is 4.91. The smallest absolute Gasteiger partial charge is 0.340 e. The van der Waals surface area contributed by atoms with Crippen molar-refractivity contribution in [2.45, 2.75) is 12.5 Å². The zero-order valence-corrected chi connectivity index (χ0v) is 14.4. The van der Waals surface area contributed by atoms with Crippen molar-refractivity contribution >= 4 is 29.0 Å². The summed E-state index contributed by atoms with van der Waals surface area (Å²) >= 11 is 0. The third kappa shape index (κ3) is 3.31. The summed E-state index contributed by atoms with van der Waals surface area (Å²) in [6.07, 6.45) is 1.03. The zero-order chi connectivity index (χ0) is 16.5. The van der Waals surface area contributed by atoms with Gasteiger partial charge in [0.25, 0.3) is 0 Å². The van der Waals surface area contributed by atoms with E-state index in [4.69, 9.17) is 4.74 Å². The Morgan fingerprint density at radius 1 is 1.36 bits per heavy atom. The number of hydrogen-bond donors (Lipinski definition) is 4. The van der Waals surface area contributed by atoms with Crippen molar-refractivity contribution in [3.05, 3.63) is 34.7 Å². The molecule has 1 aromatic carbocycles. The number of rotatable bonds is 4. The molecule has 1 fully saturated rings. The predicted molar refractivity (Wildman–Crippen MR) is 98.6 cm³/mol. The van der Waals surface area contributed by atoms with Gasteiger partial charge in [-0.1, -0.05) is 12.1 Å². The van der Waals surface area contributed by atoms with Crippen molar-refractivity contribution in [2.24, 2.45) is 0 Å². The summed E-state index contributed by atoms with van der Waals surface area (Å²) in [4.78, 5) is 18.7. The summed E-state index contributed by atoms with van der Waals surface area (Å²) < 4.78 is 5.51. The van der Waals surface area contributed by atoms with E-state index >= 15 is 0 Å². The van der Waals surface area contributed by atoms with E-state index in [2.05, 4.69) is 30.8 Å². The van der Waals surface area contributed by atoms with E-state index in [9.17, 15) is 4.79 Å². The highest BCUT2D eigenvalue weighted by Crippen LogP contribution is 2.34. The molecule has 0 spiro atoms. The van der Waals surface area contributed by atoms with Gasteiger partial charge in [-0.2, -0.15) is 5.10 Å². The van der Waals surface area contributed by atoms with Gasteiger partial charge >= 0.3 is 5.69 Å². The monoisotopic (exact) mass is 362 g/mol. The Bertz CT molecular complexity index is 932. The van der Waals surface area contributed by atoms with E-state index < -0.39 is 0 Å². The van der Waals surface area contributed by atoms with E-state index in [0.29, 0.717) is 17.6 Å². The van der Waals surface area contributed by atoms with Crippen LogP contribution in [0.25, 0.3) is 22.3 Å². The molecule has 2 aromatic heterocycles. The molecule has 0 saturated carbocycles. The molecular formula is C16H19ClN6O2. The molecule has 3 heterocycles. The second-order valence-corrected chi connectivity index (χ2v) is 5.77. The standard InChI is InChI=1S/C16H18N6O2.ClH/c1-24-12-4-2-3-9-7-11(14-20-16(23)22-21-14)19-15(13(9)12)18-10-5-6-17-8-10;/h2-4,7,10,17H,5-6,8H2,1H3,(H,18,19)(H2,20,21,22,23);1H/t10-;/m0./s1. The maximum Gasteiger partial charge on any atom is 0.340 e. The van der Waals surface area contributed by atoms with Crippen LogP contribution in [-0.2, 0) is 0 Å². The van der Waals surface area contributed by atoms with Crippen molar-refractivity contribution < 1.29 is 4.74 Å². The van der Waals surface area contributed by atoms with E-state index in [0.717, 1.165) is 41.9 Å². The molecule has 0 amide bonds. The normalized spacial score (nSPS) is 16.6. The summed E-state index contributed by atoms with van der Waals surface area (Å²) in [5, 5.41) is 15.1. The predicted octanol–water partition coefficient (Wildman–Crippen LogP) is 1.52. The third-order valence-electron chi connectivity index (χ3n) is 4.18. The Balaban J connectivity index is 0.00000182. The number of methoxy groups -OCH3 is 1. The maximum absolute atomic E-state index is 11.3. The highest BCUT2D eigenvalue weighted by Gasteiger charge is 2.19. The molecule has 132 valence electrons. The average molecular weight is 363 g/mol. The van der Waals surface area contributed by atoms with E-state index in [1.54, 1.807) is 7.11 Å². The lowest BCUT2D eigenvalue weighted by molar-refractivity contribution is 0.420. The number of fused-ring (bicyclic) bond motifs is 1. The fraction of sp³-hybridized carbons (Fsp3) is 0.312. The average Bonchev–Trinajstić information content (AvgIpc) is 3.25. The fourth-order valence-electron chi connectivity index (χ4n) is 3.04. The van der Waals surface area contributed by atoms with Crippen molar-refractivity contribution in [2.75, 3.05) is 25.5 Å². The Morgan fingerprint density at radius 3 is 2.92 bits per heavy atom. The van der Waals surface area contributed by atoms with Gasteiger partial charge in [0.1, 0.15) is 17.3 Å². The highest BCUT2D eigenvalue weighted by molar-refractivity contribution is 5.98. The molecular weight excluding hydrogens is 344 g/mol. The minimum Gasteiger partial charge on any atom is -0.496 e. The number of halogens is 1. The molecule has 4 rings (SSSR count). The molecule has 8 nitrogen and oxygen atoms in total. The lowest BCUT2D eigenvalue weighted by Gasteiger charge is -2.17. The van der Waals surface area contributed by atoms with Gasteiger partial charge in [0.05, 0.1) is 12.5 Å². The van der Waals surface area contributed by atoms with E-state index in [-0.39, 0.29) is 18.1 Å². The Hall–Kier alpha value is -2.58. The fourth-order valence-corrected chi connectivity index (χ4v) is 3.04. The number of benzene rings is 1. The quantitative estimate of drug-likeness (QED) is 0.560. The largest absolute Gasteiger partial charge is 0.496 e. The topological polar surface area (TPSA) is 108 Å². The summed E-state index contributed by atoms with van der Waals surface area (Å²) in [5.41, 5.74) is 0.245. The van der Waals surface area contributed by atoms with Crippen molar-refractivity contribution in [1.29, 1.82) is 0 Å². The second kappa shape index (κ2) is 7.12. The molecule has 1 aliphatic heterocycles. The number of aromatic nitrogens is 4. The number of hydrogen-bond acceptors (Lipinski definition) is 6. The van der Waals surface area contributed by atoms with Crippen LogP contribution in [0.2, 0.25) is 0 Å². The van der Waals surface area contributed by atoms with E-state index in [1.807, 2.05) is 24.3 Å². The number of H-pyrrole nitrogens is 2. The number of pyridine rings is 1. The summed E-state index contributed by atoms with van der Waals surface area (Å²) in [7, 11) is 1.65. The molecule has 1 saturated heterocycles. The minimum absolute atomic E-state index is 0. The van der Waals surface area contributed by atoms with Crippen LogP contribution in [-0.4, -0.2) is 46.4 Å². The first-order valence-corrected chi connectivity index (χ1v) is 7.84. The minimum atomic E-state index is -0.355. The van der Waals surface area contributed by atoms with Gasteiger partial charge in [-0.05, 0) is 30.5 Å². The molecule has 3 aromatic rings. The first kappa shape index (κ1) is 17.2. The summed E-state index contributed by atoms with van der Waals surface area (Å²) in [6.45, 7) is 1.88. The molecule has 4 N–H and O–H groups in total. The highest BCUT2D eigenvalue weighted by atomic mass is 35.5.